The number of nitrogens with zero attached hydrogens (tertiary/aromatic N) is 4. The van der Waals surface area contributed by atoms with Crippen LogP contribution in [0.4, 0.5) is 0 Å². The van der Waals surface area contributed by atoms with Gasteiger partial charge in [0.05, 0.1) is 17.1 Å². The number of fused-ring (bicyclic) bond motifs is 2. The van der Waals surface area contributed by atoms with Crippen LogP contribution in [0, 0.1) is 18.8 Å². The molecule has 0 bridgehead atoms. The Morgan fingerprint density at radius 2 is 1.68 bits per heavy atom. The summed E-state index contributed by atoms with van der Waals surface area (Å²) < 4.78 is 3.24. The number of benzene rings is 3. The molecule has 1 atom stereocenters. The summed E-state index contributed by atoms with van der Waals surface area (Å²) >= 11 is 0. The summed E-state index contributed by atoms with van der Waals surface area (Å²) in [5.74, 6) is 6.05. The molecule has 0 aliphatic heterocycles. The number of pyridine rings is 1. The maximum absolute atomic E-state index is 14.2. The van der Waals surface area contributed by atoms with Gasteiger partial charge in [0, 0.05) is 34.9 Å². The van der Waals surface area contributed by atoms with E-state index in [1.54, 1.807) is 34.5 Å². The van der Waals surface area contributed by atoms with Crippen molar-refractivity contribution < 1.29 is 4.79 Å². The van der Waals surface area contributed by atoms with Crippen molar-refractivity contribution in [1.82, 2.24) is 24.5 Å². The molecule has 3 heterocycles. The van der Waals surface area contributed by atoms with Gasteiger partial charge >= 0.3 is 0 Å². The SMILES string of the molecule is Cc1nn2cccnc2c1C(=O)NC(C)c1cc2cccc(C#Cc3ccccc3)c2c(=O)n1-c1ccccc1. The fourth-order valence-electron chi connectivity index (χ4n) is 4.91. The maximum atomic E-state index is 14.2. The predicted molar refractivity (Wildman–Crippen MR) is 156 cm³/mol. The summed E-state index contributed by atoms with van der Waals surface area (Å²) in [6.07, 6.45) is 3.38. The minimum atomic E-state index is -0.512. The lowest BCUT2D eigenvalue weighted by Crippen LogP contribution is -2.32. The molecule has 3 aromatic carbocycles. The van der Waals surface area contributed by atoms with Crippen LogP contribution >= 0.6 is 0 Å². The molecule has 3 aromatic heterocycles. The molecule has 1 unspecified atom stereocenters. The molecule has 40 heavy (non-hydrogen) atoms. The second-order valence-electron chi connectivity index (χ2n) is 9.47. The van der Waals surface area contributed by atoms with Crippen molar-refractivity contribution in [3.05, 3.63) is 142 Å². The van der Waals surface area contributed by atoms with Gasteiger partial charge < -0.3 is 5.32 Å². The highest BCUT2D eigenvalue weighted by Crippen LogP contribution is 2.24. The van der Waals surface area contributed by atoms with Gasteiger partial charge in [-0.3, -0.25) is 14.2 Å². The zero-order valence-corrected chi connectivity index (χ0v) is 22.0. The van der Waals surface area contributed by atoms with Crippen molar-refractivity contribution in [2.45, 2.75) is 19.9 Å². The van der Waals surface area contributed by atoms with E-state index in [1.807, 2.05) is 91.9 Å². The summed E-state index contributed by atoms with van der Waals surface area (Å²) in [6, 6.07) is 27.9. The largest absolute Gasteiger partial charge is 0.344 e. The second-order valence-corrected chi connectivity index (χ2v) is 9.47. The molecule has 0 saturated heterocycles. The van der Waals surface area contributed by atoms with E-state index in [1.165, 1.54) is 0 Å². The second kappa shape index (κ2) is 10.4. The van der Waals surface area contributed by atoms with Crippen molar-refractivity contribution in [2.24, 2.45) is 0 Å². The van der Waals surface area contributed by atoms with Crippen LogP contribution in [0.5, 0.6) is 0 Å². The van der Waals surface area contributed by atoms with Gasteiger partial charge in [0.25, 0.3) is 11.5 Å². The highest BCUT2D eigenvalue weighted by molar-refractivity contribution is 6.01. The van der Waals surface area contributed by atoms with Crippen LogP contribution in [0.15, 0.2) is 108 Å². The number of amides is 1. The minimum Gasteiger partial charge on any atom is -0.344 e. The van der Waals surface area contributed by atoms with Crippen LogP contribution in [-0.2, 0) is 0 Å². The van der Waals surface area contributed by atoms with E-state index >= 15 is 0 Å². The summed E-state index contributed by atoms with van der Waals surface area (Å²) in [4.78, 5) is 32.0. The van der Waals surface area contributed by atoms with Crippen molar-refractivity contribution >= 4 is 22.3 Å². The van der Waals surface area contributed by atoms with Gasteiger partial charge in [0.2, 0.25) is 0 Å². The highest BCUT2D eigenvalue weighted by Gasteiger charge is 2.23. The number of carbonyl (C=O) groups excluding carboxylic acids is 1. The summed E-state index contributed by atoms with van der Waals surface area (Å²) in [5, 5.41) is 8.76. The third kappa shape index (κ3) is 4.52. The lowest BCUT2D eigenvalue weighted by atomic mass is 10.0. The number of hydrogen-bond donors (Lipinski definition) is 1. The third-order valence-electron chi connectivity index (χ3n) is 6.79. The van der Waals surface area contributed by atoms with E-state index in [9.17, 15) is 9.59 Å². The van der Waals surface area contributed by atoms with Crippen LogP contribution in [0.1, 0.15) is 45.8 Å². The Morgan fingerprint density at radius 3 is 2.45 bits per heavy atom. The molecule has 194 valence electrons. The number of aryl methyl sites for hydroxylation is 1. The van der Waals surface area contributed by atoms with Crippen molar-refractivity contribution in [3.8, 4) is 17.5 Å². The van der Waals surface area contributed by atoms with Crippen molar-refractivity contribution in [3.63, 3.8) is 0 Å². The molecule has 0 aliphatic rings. The summed E-state index contributed by atoms with van der Waals surface area (Å²) in [7, 11) is 0. The molecular formula is C33H25N5O2. The first-order valence-electron chi connectivity index (χ1n) is 12.9. The first-order chi connectivity index (χ1) is 19.5. The zero-order valence-electron chi connectivity index (χ0n) is 22.0. The fraction of sp³-hybridized carbons (Fsp3) is 0.0909. The van der Waals surface area contributed by atoms with Gasteiger partial charge in [-0.2, -0.15) is 5.10 Å². The Balaban J connectivity index is 1.48. The molecule has 7 nitrogen and oxygen atoms in total. The van der Waals surface area contributed by atoms with Gasteiger partial charge in [-0.1, -0.05) is 60.4 Å². The van der Waals surface area contributed by atoms with E-state index in [0.29, 0.717) is 39.2 Å². The Hall–Kier alpha value is -5.48. The lowest BCUT2D eigenvalue weighted by Gasteiger charge is -2.21. The number of nitrogens with one attached hydrogen (secondary N) is 1. The first kappa shape index (κ1) is 24.8. The Labute approximate surface area is 230 Å². The van der Waals surface area contributed by atoms with Crippen molar-refractivity contribution in [1.29, 1.82) is 0 Å². The predicted octanol–water partition coefficient (Wildman–Crippen LogP) is 5.23. The van der Waals surface area contributed by atoms with Gasteiger partial charge in [-0.05, 0) is 61.7 Å². The molecule has 6 rings (SSSR count). The fourth-order valence-corrected chi connectivity index (χ4v) is 4.91. The van der Waals surface area contributed by atoms with E-state index in [4.69, 9.17) is 0 Å². The van der Waals surface area contributed by atoms with Gasteiger partial charge in [0.15, 0.2) is 5.65 Å². The van der Waals surface area contributed by atoms with E-state index < -0.39 is 6.04 Å². The smallest absolute Gasteiger partial charge is 0.264 e. The third-order valence-corrected chi connectivity index (χ3v) is 6.79. The Morgan fingerprint density at radius 1 is 0.925 bits per heavy atom. The Kier molecular flexibility index (Phi) is 6.43. The minimum absolute atomic E-state index is 0.202. The molecule has 7 heteroatoms. The average molecular weight is 524 g/mol. The maximum Gasteiger partial charge on any atom is 0.264 e. The van der Waals surface area contributed by atoms with Gasteiger partial charge in [-0.15, -0.1) is 0 Å². The molecule has 6 aromatic rings. The van der Waals surface area contributed by atoms with Gasteiger partial charge in [0.1, 0.15) is 5.56 Å². The molecule has 0 spiro atoms. The highest BCUT2D eigenvalue weighted by atomic mass is 16.2. The molecule has 0 radical (unpaired) electrons. The van der Waals surface area contributed by atoms with Crippen LogP contribution in [0.25, 0.3) is 22.1 Å². The summed E-state index contributed by atoms with van der Waals surface area (Å²) in [5.41, 5.74) is 4.11. The number of rotatable bonds is 4. The number of carbonyl (C=O) groups is 1. The molecule has 0 aliphatic carbocycles. The number of aromatic nitrogens is 4. The number of para-hydroxylation sites is 1. The molecule has 0 saturated carbocycles. The normalized spacial score (nSPS) is 11.7. The quantitative estimate of drug-likeness (QED) is 0.321. The Bertz CT molecular complexity index is 2000. The van der Waals surface area contributed by atoms with Crippen molar-refractivity contribution in [2.75, 3.05) is 0 Å². The van der Waals surface area contributed by atoms with Crippen LogP contribution in [0.3, 0.4) is 0 Å². The first-order valence-corrected chi connectivity index (χ1v) is 12.9. The zero-order chi connectivity index (χ0) is 27.6. The van der Waals surface area contributed by atoms with Crippen LogP contribution in [-0.4, -0.2) is 25.1 Å². The van der Waals surface area contributed by atoms with E-state index in [0.717, 1.165) is 10.9 Å². The lowest BCUT2D eigenvalue weighted by molar-refractivity contribution is 0.0939. The molecule has 1 N–H and O–H groups in total. The van der Waals surface area contributed by atoms with Crippen LogP contribution in [0.2, 0.25) is 0 Å². The number of hydrogen-bond acceptors (Lipinski definition) is 4. The summed E-state index contributed by atoms with van der Waals surface area (Å²) in [6.45, 7) is 3.65. The van der Waals surface area contributed by atoms with E-state index in [-0.39, 0.29) is 11.5 Å². The molecule has 1 amide bonds. The standard InChI is InChI=1S/C33H25N5O2/c1-22(35-32(39)29-23(2)36-37-20-10-19-34-31(29)37)28-21-26-14-9-13-25(18-17-24-11-5-3-6-12-24)30(26)33(40)38(28)27-15-7-4-8-16-27/h3-16,19-22H,1-2H3,(H,35,39). The topological polar surface area (TPSA) is 81.3 Å². The van der Waals surface area contributed by atoms with Crippen LogP contribution < -0.4 is 10.9 Å². The van der Waals surface area contributed by atoms with E-state index in [2.05, 4.69) is 27.2 Å². The van der Waals surface area contributed by atoms with Gasteiger partial charge in [-0.25, -0.2) is 9.50 Å². The average Bonchev–Trinajstić information content (AvgIpc) is 3.32. The monoisotopic (exact) mass is 523 g/mol. The molecule has 0 fully saturated rings. The molecular weight excluding hydrogens is 498 g/mol.